The Balaban J connectivity index is 1.79. The number of thioether (sulfide) groups is 1. The minimum atomic E-state index is -0.204. The average molecular weight is 313 g/mol. The molecule has 1 nitrogen and oxygen atoms in total. The quantitative estimate of drug-likeness (QED) is 0.749. The molecule has 1 saturated carbocycles. The van der Waals surface area contributed by atoms with Crippen molar-refractivity contribution in [2.75, 3.05) is 5.75 Å². The van der Waals surface area contributed by atoms with Gasteiger partial charge >= 0.3 is 0 Å². The number of rotatable bonds is 5. The maximum absolute atomic E-state index is 10.4. The Bertz CT molecular complexity index is 413. The first-order valence-corrected chi connectivity index (χ1v) is 8.99. The van der Waals surface area contributed by atoms with Crippen molar-refractivity contribution in [3.8, 4) is 0 Å². The summed E-state index contributed by atoms with van der Waals surface area (Å²) in [6, 6.07) is 7.87. The summed E-state index contributed by atoms with van der Waals surface area (Å²) in [4.78, 5) is 1.07. The third-order valence-electron chi connectivity index (χ3n) is 4.55. The summed E-state index contributed by atoms with van der Waals surface area (Å²) in [6.45, 7) is 4.63. The first-order chi connectivity index (χ1) is 9.58. The fourth-order valence-electron chi connectivity index (χ4n) is 3.07. The van der Waals surface area contributed by atoms with Crippen LogP contribution in [0.3, 0.4) is 0 Å². The predicted molar refractivity (Wildman–Crippen MR) is 88.5 cm³/mol. The highest BCUT2D eigenvalue weighted by Gasteiger charge is 2.27. The number of aliphatic hydroxyl groups excluding tert-OH is 1. The lowest BCUT2D eigenvalue weighted by Gasteiger charge is -2.33. The maximum Gasteiger partial charge on any atom is 0.0662 e. The summed E-state index contributed by atoms with van der Waals surface area (Å²) in [5, 5.41) is 11.2. The molecule has 1 aliphatic rings. The second-order valence-corrected chi connectivity index (χ2v) is 7.70. The summed E-state index contributed by atoms with van der Waals surface area (Å²) < 4.78 is 0. The van der Waals surface area contributed by atoms with Gasteiger partial charge in [-0.05, 0) is 55.6 Å². The summed E-state index contributed by atoms with van der Waals surface area (Å²) in [5.41, 5.74) is 0. The third kappa shape index (κ3) is 4.41. The van der Waals surface area contributed by atoms with Crippen molar-refractivity contribution in [2.24, 2.45) is 17.8 Å². The highest BCUT2D eigenvalue weighted by molar-refractivity contribution is 7.99. The second kappa shape index (κ2) is 7.72. The van der Waals surface area contributed by atoms with Crippen molar-refractivity contribution in [3.63, 3.8) is 0 Å². The molecule has 2 rings (SSSR count). The Labute approximate surface area is 132 Å². The van der Waals surface area contributed by atoms with E-state index >= 15 is 0 Å². The minimum absolute atomic E-state index is 0.204. The molecule has 1 unspecified atom stereocenters. The van der Waals surface area contributed by atoms with Crippen molar-refractivity contribution < 1.29 is 5.11 Å². The molecule has 112 valence electrons. The van der Waals surface area contributed by atoms with Crippen molar-refractivity contribution in [3.05, 3.63) is 29.3 Å². The molecule has 0 spiro atoms. The van der Waals surface area contributed by atoms with E-state index in [2.05, 4.69) is 13.8 Å². The summed E-state index contributed by atoms with van der Waals surface area (Å²) in [6.07, 6.45) is 4.69. The van der Waals surface area contributed by atoms with E-state index in [4.69, 9.17) is 11.6 Å². The van der Waals surface area contributed by atoms with Gasteiger partial charge in [-0.25, -0.2) is 0 Å². The number of hydrogen-bond donors (Lipinski definition) is 1. The van der Waals surface area contributed by atoms with Gasteiger partial charge in [0.1, 0.15) is 0 Å². The van der Waals surface area contributed by atoms with Gasteiger partial charge in [-0.3, -0.25) is 0 Å². The molecule has 0 aromatic heterocycles. The fraction of sp³-hybridized carbons (Fsp3) is 0.647. The van der Waals surface area contributed by atoms with Crippen molar-refractivity contribution >= 4 is 23.4 Å². The van der Waals surface area contributed by atoms with Gasteiger partial charge in [0.25, 0.3) is 0 Å². The molecule has 1 aliphatic carbocycles. The van der Waals surface area contributed by atoms with Crippen LogP contribution in [0.5, 0.6) is 0 Å². The zero-order chi connectivity index (χ0) is 14.5. The first-order valence-electron chi connectivity index (χ1n) is 7.63. The molecule has 0 amide bonds. The Morgan fingerprint density at radius 2 is 1.75 bits per heavy atom. The van der Waals surface area contributed by atoms with Crippen LogP contribution in [-0.2, 0) is 0 Å². The molecule has 0 bridgehead atoms. The van der Waals surface area contributed by atoms with Gasteiger partial charge in [0.2, 0.25) is 0 Å². The van der Waals surface area contributed by atoms with Crippen LogP contribution in [-0.4, -0.2) is 17.0 Å². The molecular formula is C17H25ClOS. The number of halogens is 1. The van der Waals surface area contributed by atoms with E-state index in [1.165, 1.54) is 25.7 Å². The molecule has 20 heavy (non-hydrogen) atoms. The van der Waals surface area contributed by atoms with E-state index in [0.717, 1.165) is 27.5 Å². The van der Waals surface area contributed by atoms with Crippen LogP contribution in [0, 0.1) is 17.8 Å². The summed E-state index contributed by atoms with van der Waals surface area (Å²) >= 11 is 7.82. The van der Waals surface area contributed by atoms with Gasteiger partial charge in [-0.1, -0.05) is 37.6 Å². The van der Waals surface area contributed by atoms with Crippen LogP contribution in [0.15, 0.2) is 29.2 Å². The van der Waals surface area contributed by atoms with Crippen LogP contribution in [0.25, 0.3) is 0 Å². The standard InChI is InChI=1S/C17H25ClOS/c1-12(2)13-7-9-14(10-8-13)16(19)11-20-17-6-4-3-5-15(17)18/h3-6,12-14,16,19H,7-11H2,1-2H3. The molecule has 1 atom stereocenters. The van der Waals surface area contributed by atoms with Gasteiger partial charge in [0.05, 0.1) is 11.1 Å². The summed E-state index contributed by atoms with van der Waals surface area (Å²) in [5.74, 6) is 2.86. The average Bonchev–Trinajstić information content (AvgIpc) is 2.46. The first kappa shape index (κ1) is 16.2. The van der Waals surface area contributed by atoms with E-state index in [9.17, 15) is 5.11 Å². The molecule has 1 fully saturated rings. The van der Waals surface area contributed by atoms with E-state index in [0.29, 0.717) is 5.92 Å². The van der Waals surface area contributed by atoms with Gasteiger partial charge in [-0.15, -0.1) is 11.8 Å². The molecule has 1 aromatic carbocycles. The topological polar surface area (TPSA) is 20.2 Å². The lowest BCUT2D eigenvalue weighted by atomic mass is 9.75. The molecule has 3 heteroatoms. The normalized spacial score (nSPS) is 24.9. The SMILES string of the molecule is CC(C)C1CCC(C(O)CSc2ccccc2Cl)CC1. The third-order valence-corrected chi connectivity index (χ3v) is 6.17. The monoisotopic (exact) mass is 312 g/mol. The highest BCUT2D eigenvalue weighted by Crippen LogP contribution is 2.36. The van der Waals surface area contributed by atoms with Crippen LogP contribution < -0.4 is 0 Å². The van der Waals surface area contributed by atoms with Gasteiger partial charge in [0, 0.05) is 10.6 Å². The largest absolute Gasteiger partial charge is 0.392 e. The van der Waals surface area contributed by atoms with Crippen molar-refractivity contribution in [1.29, 1.82) is 0 Å². The Hall–Kier alpha value is -0.180. The number of benzene rings is 1. The van der Waals surface area contributed by atoms with Crippen molar-refractivity contribution in [2.45, 2.75) is 50.5 Å². The van der Waals surface area contributed by atoms with Crippen LogP contribution in [0.2, 0.25) is 5.02 Å². The molecule has 0 saturated heterocycles. The zero-order valence-electron chi connectivity index (χ0n) is 12.4. The van der Waals surface area contributed by atoms with E-state index in [1.54, 1.807) is 11.8 Å². The van der Waals surface area contributed by atoms with E-state index in [1.807, 2.05) is 24.3 Å². The molecule has 0 radical (unpaired) electrons. The lowest BCUT2D eigenvalue weighted by Crippen LogP contribution is -2.28. The Morgan fingerprint density at radius 3 is 2.35 bits per heavy atom. The number of aliphatic hydroxyl groups is 1. The van der Waals surface area contributed by atoms with Crippen LogP contribution in [0.1, 0.15) is 39.5 Å². The fourth-order valence-corrected chi connectivity index (χ4v) is 4.37. The van der Waals surface area contributed by atoms with Crippen LogP contribution in [0.4, 0.5) is 0 Å². The predicted octanol–water partition coefficient (Wildman–Crippen LogP) is 5.26. The second-order valence-electron chi connectivity index (χ2n) is 6.23. The molecule has 1 N–H and O–H groups in total. The molecule has 0 heterocycles. The minimum Gasteiger partial charge on any atom is -0.392 e. The highest BCUT2D eigenvalue weighted by atomic mass is 35.5. The zero-order valence-corrected chi connectivity index (χ0v) is 14.0. The molecule has 1 aromatic rings. The summed E-state index contributed by atoms with van der Waals surface area (Å²) in [7, 11) is 0. The molecule has 0 aliphatic heterocycles. The maximum atomic E-state index is 10.4. The van der Waals surface area contributed by atoms with Crippen LogP contribution >= 0.6 is 23.4 Å². The Morgan fingerprint density at radius 1 is 1.15 bits per heavy atom. The number of hydrogen-bond acceptors (Lipinski definition) is 2. The van der Waals surface area contributed by atoms with Gasteiger partial charge in [-0.2, -0.15) is 0 Å². The Kier molecular flexibility index (Phi) is 6.25. The van der Waals surface area contributed by atoms with Gasteiger partial charge < -0.3 is 5.11 Å². The smallest absolute Gasteiger partial charge is 0.0662 e. The van der Waals surface area contributed by atoms with Gasteiger partial charge in [0.15, 0.2) is 0 Å². The van der Waals surface area contributed by atoms with E-state index < -0.39 is 0 Å². The van der Waals surface area contributed by atoms with Crippen molar-refractivity contribution in [1.82, 2.24) is 0 Å². The molecular weight excluding hydrogens is 288 g/mol. The van der Waals surface area contributed by atoms with E-state index in [-0.39, 0.29) is 6.10 Å². The lowest BCUT2D eigenvalue weighted by molar-refractivity contribution is 0.0844.